The van der Waals surface area contributed by atoms with Gasteiger partial charge in [0.15, 0.2) is 5.78 Å². The number of benzene rings is 3. The third-order valence-corrected chi connectivity index (χ3v) is 4.21. The molecular weight excluding hydrogens is 275 g/mol. The Kier molecular flexibility index (Phi) is 2.90. The van der Waals surface area contributed by atoms with E-state index >= 15 is 0 Å². The molecule has 22 heavy (non-hydrogen) atoms. The first kappa shape index (κ1) is 13.0. The highest BCUT2D eigenvalue weighted by molar-refractivity contribution is 6.07. The van der Waals surface area contributed by atoms with E-state index in [1.165, 1.54) is 12.1 Å². The van der Waals surface area contributed by atoms with Crippen LogP contribution in [0.2, 0.25) is 0 Å². The van der Waals surface area contributed by atoms with Crippen molar-refractivity contribution in [1.29, 1.82) is 0 Å². The maximum absolute atomic E-state index is 13.6. The van der Waals surface area contributed by atoms with Crippen molar-refractivity contribution in [3.05, 3.63) is 95.3 Å². The van der Waals surface area contributed by atoms with Crippen molar-refractivity contribution < 1.29 is 9.18 Å². The summed E-state index contributed by atoms with van der Waals surface area (Å²) >= 11 is 0. The molecule has 2 heteroatoms. The number of fused-ring (bicyclic) bond motifs is 3. The molecule has 3 aromatic rings. The highest BCUT2D eigenvalue weighted by Gasteiger charge is 2.34. The topological polar surface area (TPSA) is 17.1 Å². The summed E-state index contributed by atoms with van der Waals surface area (Å²) in [6, 6.07) is 21.7. The second-order valence-electron chi connectivity index (χ2n) is 5.48. The van der Waals surface area contributed by atoms with Crippen LogP contribution in [0.15, 0.2) is 72.8 Å². The highest BCUT2D eigenvalue weighted by Crippen LogP contribution is 2.46. The zero-order chi connectivity index (χ0) is 15.1. The number of hydrogen-bond acceptors (Lipinski definition) is 1. The van der Waals surface area contributed by atoms with Gasteiger partial charge in [0, 0.05) is 5.56 Å². The lowest BCUT2D eigenvalue weighted by Gasteiger charge is -2.12. The average molecular weight is 288 g/mol. The van der Waals surface area contributed by atoms with Gasteiger partial charge >= 0.3 is 0 Å². The maximum atomic E-state index is 13.6. The summed E-state index contributed by atoms with van der Waals surface area (Å²) in [6.45, 7) is 0. The Bertz CT molecular complexity index is 868. The van der Waals surface area contributed by atoms with Gasteiger partial charge in [-0.15, -0.1) is 0 Å². The van der Waals surface area contributed by atoms with Gasteiger partial charge in [-0.05, 0) is 34.4 Å². The van der Waals surface area contributed by atoms with Crippen molar-refractivity contribution in [3.8, 4) is 11.1 Å². The number of carbonyl (C=O) groups excluding carboxylic acids is 1. The lowest BCUT2D eigenvalue weighted by molar-refractivity contribution is 0.0975. The first-order chi connectivity index (χ1) is 10.8. The van der Waals surface area contributed by atoms with Gasteiger partial charge in [0.2, 0.25) is 0 Å². The van der Waals surface area contributed by atoms with Crippen LogP contribution in [0.4, 0.5) is 4.39 Å². The zero-order valence-corrected chi connectivity index (χ0v) is 11.8. The fourth-order valence-electron chi connectivity index (χ4n) is 3.23. The summed E-state index contributed by atoms with van der Waals surface area (Å²) in [5.74, 6) is -0.575. The van der Waals surface area contributed by atoms with Crippen molar-refractivity contribution in [2.45, 2.75) is 5.92 Å². The van der Waals surface area contributed by atoms with Crippen molar-refractivity contribution in [2.75, 3.05) is 0 Å². The number of Topliss-reactive ketones (excluding diaryl/α,β-unsaturated/α-hetero) is 1. The molecule has 1 aliphatic rings. The minimum Gasteiger partial charge on any atom is -0.293 e. The summed E-state index contributed by atoms with van der Waals surface area (Å²) in [5, 5.41) is 0. The first-order valence-electron chi connectivity index (χ1n) is 7.24. The molecule has 0 spiro atoms. The third kappa shape index (κ3) is 1.88. The number of halogens is 1. The normalized spacial score (nSPS) is 15.2. The number of hydrogen-bond donors (Lipinski definition) is 0. The Morgan fingerprint density at radius 3 is 2.27 bits per heavy atom. The fraction of sp³-hybridized carbons (Fsp3) is 0.0500. The molecule has 1 atom stereocenters. The quantitative estimate of drug-likeness (QED) is 0.618. The zero-order valence-electron chi connectivity index (χ0n) is 11.8. The van der Waals surface area contributed by atoms with E-state index in [2.05, 4.69) is 0 Å². The molecule has 4 rings (SSSR count). The van der Waals surface area contributed by atoms with E-state index in [1.807, 2.05) is 54.6 Å². The predicted molar refractivity (Wildman–Crippen MR) is 84.5 cm³/mol. The molecule has 1 aliphatic carbocycles. The monoisotopic (exact) mass is 288 g/mol. The lowest BCUT2D eigenvalue weighted by Crippen LogP contribution is -2.11. The van der Waals surface area contributed by atoms with Gasteiger partial charge in [-0.25, -0.2) is 4.39 Å². The minimum absolute atomic E-state index is 0.0541. The van der Waals surface area contributed by atoms with Crippen LogP contribution in [0.1, 0.15) is 27.4 Å². The van der Waals surface area contributed by atoms with Gasteiger partial charge in [-0.2, -0.15) is 0 Å². The smallest absolute Gasteiger partial charge is 0.174 e. The molecule has 1 unspecified atom stereocenters. The Morgan fingerprint density at radius 1 is 0.773 bits per heavy atom. The number of carbonyl (C=O) groups is 1. The third-order valence-electron chi connectivity index (χ3n) is 4.21. The lowest BCUT2D eigenvalue weighted by atomic mass is 9.89. The van der Waals surface area contributed by atoms with E-state index in [0.717, 1.165) is 22.3 Å². The van der Waals surface area contributed by atoms with Gasteiger partial charge in [-0.3, -0.25) is 4.79 Å². The SMILES string of the molecule is O=C(c1ccccc1)C1c2ccccc2-c2cc(F)ccc21. The highest BCUT2D eigenvalue weighted by atomic mass is 19.1. The van der Waals surface area contributed by atoms with Crippen LogP contribution in [-0.2, 0) is 0 Å². The van der Waals surface area contributed by atoms with E-state index in [0.29, 0.717) is 5.56 Å². The molecule has 0 fully saturated rings. The minimum atomic E-state index is -0.353. The summed E-state index contributed by atoms with van der Waals surface area (Å²) < 4.78 is 13.6. The second kappa shape index (κ2) is 4.92. The van der Waals surface area contributed by atoms with Gasteiger partial charge in [-0.1, -0.05) is 60.7 Å². The van der Waals surface area contributed by atoms with Crippen LogP contribution in [0.3, 0.4) is 0 Å². The molecule has 0 heterocycles. The maximum Gasteiger partial charge on any atom is 0.174 e. The Balaban J connectivity index is 1.92. The molecule has 0 saturated carbocycles. The van der Waals surface area contributed by atoms with E-state index < -0.39 is 0 Å². The van der Waals surface area contributed by atoms with Crippen LogP contribution in [-0.4, -0.2) is 5.78 Å². The molecule has 0 bridgehead atoms. The van der Waals surface area contributed by atoms with Crippen LogP contribution >= 0.6 is 0 Å². The van der Waals surface area contributed by atoms with Gasteiger partial charge in [0.25, 0.3) is 0 Å². The molecule has 0 aromatic heterocycles. The standard InChI is InChI=1S/C20H13FO/c21-14-10-11-17-18(12-14)15-8-4-5-9-16(15)19(17)20(22)13-6-2-1-3-7-13/h1-12,19H. The van der Waals surface area contributed by atoms with Crippen LogP contribution < -0.4 is 0 Å². The van der Waals surface area contributed by atoms with Gasteiger partial charge in [0.05, 0.1) is 5.92 Å². The molecule has 1 nitrogen and oxygen atoms in total. The molecule has 3 aromatic carbocycles. The Hall–Kier alpha value is -2.74. The van der Waals surface area contributed by atoms with Crippen molar-refractivity contribution >= 4 is 5.78 Å². The molecular formula is C20H13FO. The van der Waals surface area contributed by atoms with Gasteiger partial charge < -0.3 is 0 Å². The van der Waals surface area contributed by atoms with E-state index in [4.69, 9.17) is 0 Å². The van der Waals surface area contributed by atoms with Crippen molar-refractivity contribution in [1.82, 2.24) is 0 Å². The fourth-order valence-corrected chi connectivity index (χ4v) is 3.23. The van der Waals surface area contributed by atoms with Crippen molar-refractivity contribution in [3.63, 3.8) is 0 Å². The molecule has 0 radical (unpaired) electrons. The van der Waals surface area contributed by atoms with Gasteiger partial charge in [0.1, 0.15) is 5.82 Å². The first-order valence-corrected chi connectivity index (χ1v) is 7.24. The summed E-state index contributed by atoms with van der Waals surface area (Å²) in [4.78, 5) is 13.0. The summed E-state index contributed by atoms with van der Waals surface area (Å²) in [5.41, 5.74) is 4.30. The van der Waals surface area contributed by atoms with E-state index in [-0.39, 0.29) is 17.5 Å². The second-order valence-corrected chi connectivity index (χ2v) is 5.48. The molecule has 0 amide bonds. The number of rotatable bonds is 2. The van der Waals surface area contributed by atoms with E-state index in [1.54, 1.807) is 6.07 Å². The Morgan fingerprint density at radius 2 is 1.45 bits per heavy atom. The molecule has 106 valence electrons. The van der Waals surface area contributed by atoms with Crippen LogP contribution in [0.5, 0.6) is 0 Å². The van der Waals surface area contributed by atoms with Crippen LogP contribution in [0, 0.1) is 5.82 Å². The van der Waals surface area contributed by atoms with Crippen molar-refractivity contribution in [2.24, 2.45) is 0 Å². The van der Waals surface area contributed by atoms with E-state index in [9.17, 15) is 9.18 Å². The average Bonchev–Trinajstić information content (AvgIpc) is 2.89. The summed E-state index contributed by atoms with van der Waals surface area (Å²) in [6.07, 6.45) is 0. The largest absolute Gasteiger partial charge is 0.293 e. The Labute approximate surface area is 128 Å². The molecule has 0 saturated heterocycles. The van der Waals surface area contributed by atoms with Crippen LogP contribution in [0.25, 0.3) is 11.1 Å². The summed E-state index contributed by atoms with van der Waals surface area (Å²) in [7, 11) is 0. The predicted octanol–water partition coefficient (Wildman–Crippen LogP) is 4.82. The molecule has 0 aliphatic heterocycles. The molecule has 0 N–H and O–H groups in total. The number of ketones is 1.